The second-order valence-corrected chi connectivity index (χ2v) is 7.73. The third kappa shape index (κ3) is 5.20. The predicted molar refractivity (Wildman–Crippen MR) is 115 cm³/mol. The number of anilines is 2. The molecule has 2 aromatic heterocycles. The largest absolute Gasteiger partial charge is 0.334 e. The van der Waals surface area contributed by atoms with Crippen molar-refractivity contribution in [3.8, 4) is 0 Å². The van der Waals surface area contributed by atoms with Crippen molar-refractivity contribution in [1.29, 1.82) is 0 Å². The molecule has 1 atom stereocenters. The number of likely N-dealkylation sites (tertiary alicyclic amines) is 1. The molecule has 1 aliphatic heterocycles. The van der Waals surface area contributed by atoms with Crippen molar-refractivity contribution in [2.45, 2.75) is 45.1 Å². The maximum Gasteiger partial charge on any atom is 0.223 e. The van der Waals surface area contributed by atoms with Crippen LogP contribution in [0.25, 0.3) is 0 Å². The Balaban J connectivity index is 1.37. The van der Waals surface area contributed by atoms with Crippen LogP contribution in [0.3, 0.4) is 0 Å². The minimum Gasteiger partial charge on any atom is -0.334 e. The normalized spacial score (nSPS) is 15.8. The van der Waals surface area contributed by atoms with Crippen molar-refractivity contribution in [1.82, 2.24) is 24.8 Å². The lowest BCUT2D eigenvalue weighted by atomic mass is 10.0. The van der Waals surface area contributed by atoms with Crippen molar-refractivity contribution in [3.05, 3.63) is 71.8 Å². The number of carbonyl (C=O) groups is 1. The Hall–Kier alpha value is -3.42. The molecule has 0 bridgehead atoms. The van der Waals surface area contributed by atoms with E-state index < -0.39 is 0 Å². The summed E-state index contributed by atoms with van der Waals surface area (Å²) in [7, 11) is 0. The maximum atomic E-state index is 13.4. The Bertz CT molecular complexity index is 1050. The molecule has 1 fully saturated rings. The smallest absolute Gasteiger partial charge is 0.223 e. The number of nitrogens with one attached hydrogen (secondary N) is 1. The van der Waals surface area contributed by atoms with Crippen LogP contribution in [0.15, 0.2) is 49.2 Å². The molecule has 4 rings (SSSR count). The zero-order valence-electron chi connectivity index (χ0n) is 17.5. The zero-order chi connectivity index (χ0) is 21.6. The average molecular weight is 420 g/mol. The fourth-order valence-electron chi connectivity index (χ4n) is 3.92. The first kappa shape index (κ1) is 20.8. The first-order valence-corrected chi connectivity index (χ1v) is 10.5. The molecule has 3 heterocycles. The number of hydrogen-bond acceptors (Lipinski definition) is 6. The highest BCUT2D eigenvalue weighted by Crippen LogP contribution is 2.32. The van der Waals surface area contributed by atoms with Gasteiger partial charge in [0.2, 0.25) is 5.91 Å². The summed E-state index contributed by atoms with van der Waals surface area (Å²) in [6.07, 6.45) is 11.9. The van der Waals surface area contributed by atoms with Crippen LogP contribution in [0.2, 0.25) is 0 Å². The molecule has 1 amide bonds. The number of carbonyl (C=O) groups excluding carboxylic acids is 1. The van der Waals surface area contributed by atoms with Crippen LogP contribution in [0.4, 0.5) is 16.0 Å². The van der Waals surface area contributed by atoms with E-state index in [0.717, 1.165) is 43.5 Å². The molecule has 3 aromatic rings. The summed E-state index contributed by atoms with van der Waals surface area (Å²) < 4.78 is 13.4. The minimum atomic E-state index is -0.197. The molecular weight excluding hydrogens is 395 g/mol. The Kier molecular flexibility index (Phi) is 6.45. The van der Waals surface area contributed by atoms with E-state index in [0.29, 0.717) is 23.6 Å². The molecule has 0 aliphatic carbocycles. The predicted octanol–water partition coefficient (Wildman–Crippen LogP) is 4.14. The highest BCUT2D eigenvalue weighted by atomic mass is 19.1. The van der Waals surface area contributed by atoms with E-state index in [4.69, 9.17) is 0 Å². The molecule has 0 saturated carbocycles. The molecule has 0 radical (unpaired) electrons. The molecule has 7 nitrogen and oxygen atoms in total. The third-order valence-corrected chi connectivity index (χ3v) is 5.47. The molecule has 1 N–H and O–H groups in total. The van der Waals surface area contributed by atoms with Crippen LogP contribution in [0, 0.1) is 12.7 Å². The van der Waals surface area contributed by atoms with E-state index in [1.54, 1.807) is 44.0 Å². The number of aryl methyl sites for hydroxylation is 2. The van der Waals surface area contributed by atoms with Gasteiger partial charge in [0, 0.05) is 25.4 Å². The quantitative estimate of drug-likeness (QED) is 0.618. The van der Waals surface area contributed by atoms with Gasteiger partial charge in [-0.2, -0.15) is 0 Å². The van der Waals surface area contributed by atoms with Gasteiger partial charge in [0.15, 0.2) is 0 Å². The number of benzene rings is 1. The molecule has 8 heteroatoms. The molecule has 0 unspecified atom stereocenters. The maximum absolute atomic E-state index is 13.4. The molecule has 1 aromatic carbocycles. The first-order chi connectivity index (χ1) is 15.1. The Morgan fingerprint density at radius 1 is 1.19 bits per heavy atom. The number of rotatable bonds is 7. The Morgan fingerprint density at radius 3 is 2.87 bits per heavy atom. The fraction of sp³-hybridized carbons (Fsp3) is 0.348. The third-order valence-electron chi connectivity index (χ3n) is 5.47. The summed E-state index contributed by atoms with van der Waals surface area (Å²) in [5.74, 6) is 1.08. The molecule has 0 spiro atoms. The zero-order valence-corrected chi connectivity index (χ0v) is 17.5. The van der Waals surface area contributed by atoms with Gasteiger partial charge in [0.25, 0.3) is 0 Å². The number of nitrogens with zero attached hydrogens (tertiary/aromatic N) is 5. The van der Waals surface area contributed by atoms with E-state index in [-0.39, 0.29) is 17.8 Å². The van der Waals surface area contributed by atoms with E-state index in [9.17, 15) is 9.18 Å². The lowest BCUT2D eigenvalue weighted by Gasteiger charge is -2.24. The molecule has 1 aliphatic rings. The van der Waals surface area contributed by atoms with Crippen LogP contribution >= 0.6 is 0 Å². The topological polar surface area (TPSA) is 83.9 Å². The van der Waals surface area contributed by atoms with Crippen LogP contribution < -0.4 is 5.32 Å². The minimum absolute atomic E-state index is 0.0725. The van der Waals surface area contributed by atoms with Crippen LogP contribution in [-0.2, 0) is 11.2 Å². The van der Waals surface area contributed by atoms with Crippen molar-refractivity contribution in [2.75, 3.05) is 11.9 Å². The fourth-order valence-corrected chi connectivity index (χ4v) is 3.92. The standard InChI is InChI=1S/C23H25FN6O/c1-16-12-17(7-8-18(16)24)4-2-6-23(31)30-11-3-5-20(30)19-13-26-15-22(28-19)29-21-14-25-9-10-27-21/h7-10,12-15,20H,2-6,11H2,1H3,(H,27,28,29)/t20-/m0/s1. The highest BCUT2D eigenvalue weighted by molar-refractivity contribution is 5.77. The van der Waals surface area contributed by atoms with Crippen LogP contribution in [0.1, 0.15) is 48.5 Å². The molecule has 1 saturated heterocycles. The summed E-state index contributed by atoms with van der Waals surface area (Å²) in [6.45, 7) is 2.48. The van der Waals surface area contributed by atoms with Gasteiger partial charge in [0.1, 0.15) is 17.5 Å². The van der Waals surface area contributed by atoms with Crippen molar-refractivity contribution in [3.63, 3.8) is 0 Å². The number of amides is 1. The van der Waals surface area contributed by atoms with Crippen molar-refractivity contribution < 1.29 is 9.18 Å². The molecule has 31 heavy (non-hydrogen) atoms. The molecule has 160 valence electrons. The van der Waals surface area contributed by atoms with Gasteiger partial charge in [0.05, 0.1) is 30.3 Å². The van der Waals surface area contributed by atoms with Gasteiger partial charge in [-0.3, -0.25) is 14.8 Å². The number of hydrogen-bond donors (Lipinski definition) is 1. The summed E-state index contributed by atoms with van der Waals surface area (Å²) >= 11 is 0. The summed E-state index contributed by atoms with van der Waals surface area (Å²) in [5, 5.41) is 3.10. The van der Waals surface area contributed by atoms with E-state index in [2.05, 4.69) is 25.3 Å². The van der Waals surface area contributed by atoms with Gasteiger partial charge in [-0.1, -0.05) is 12.1 Å². The van der Waals surface area contributed by atoms with E-state index >= 15 is 0 Å². The van der Waals surface area contributed by atoms with Gasteiger partial charge in [-0.15, -0.1) is 0 Å². The summed E-state index contributed by atoms with van der Waals surface area (Å²) in [5.41, 5.74) is 2.46. The van der Waals surface area contributed by atoms with E-state index in [1.807, 2.05) is 11.0 Å². The molecular formula is C23H25FN6O. The van der Waals surface area contributed by atoms with E-state index in [1.165, 1.54) is 6.07 Å². The van der Waals surface area contributed by atoms with Gasteiger partial charge >= 0.3 is 0 Å². The van der Waals surface area contributed by atoms with Gasteiger partial charge in [-0.05, 0) is 49.8 Å². The Labute approximate surface area is 180 Å². The number of aromatic nitrogens is 4. The second kappa shape index (κ2) is 9.59. The summed E-state index contributed by atoms with van der Waals surface area (Å²) in [4.78, 5) is 32.0. The second-order valence-electron chi connectivity index (χ2n) is 7.73. The van der Waals surface area contributed by atoms with Crippen LogP contribution in [0.5, 0.6) is 0 Å². The van der Waals surface area contributed by atoms with Crippen molar-refractivity contribution >= 4 is 17.5 Å². The lowest BCUT2D eigenvalue weighted by Crippen LogP contribution is -2.31. The first-order valence-electron chi connectivity index (χ1n) is 10.5. The van der Waals surface area contributed by atoms with Gasteiger partial charge in [-0.25, -0.2) is 14.4 Å². The van der Waals surface area contributed by atoms with Gasteiger partial charge < -0.3 is 10.2 Å². The lowest BCUT2D eigenvalue weighted by molar-refractivity contribution is -0.132. The SMILES string of the molecule is Cc1cc(CCCC(=O)N2CCC[C@H]2c2cncc(Nc3cnccn3)n2)ccc1F. The number of halogens is 1. The Morgan fingerprint density at radius 2 is 2.06 bits per heavy atom. The van der Waals surface area contributed by atoms with Crippen molar-refractivity contribution in [2.24, 2.45) is 0 Å². The monoisotopic (exact) mass is 420 g/mol. The average Bonchev–Trinajstić information content (AvgIpc) is 3.27. The van der Waals surface area contributed by atoms with Crippen LogP contribution in [-0.4, -0.2) is 37.3 Å². The highest BCUT2D eigenvalue weighted by Gasteiger charge is 2.30. The summed E-state index contributed by atoms with van der Waals surface area (Å²) in [6, 6.07) is 5.06.